The fraction of sp³-hybridized carbons (Fsp3) is 0.367. The third-order valence-corrected chi connectivity index (χ3v) is 8.47. The number of anilines is 1. The van der Waals surface area contributed by atoms with Gasteiger partial charge in [-0.25, -0.2) is 4.39 Å². The van der Waals surface area contributed by atoms with Crippen molar-refractivity contribution in [2.24, 2.45) is 5.41 Å². The van der Waals surface area contributed by atoms with Crippen molar-refractivity contribution >= 4 is 17.5 Å². The molecule has 1 aliphatic carbocycles. The first-order chi connectivity index (χ1) is 18.0. The van der Waals surface area contributed by atoms with E-state index in [9.17, 15) is 14.0 Å². The minimum atomic E-state index is -0.531. The van der Waals surface area contributed by atoms with Crippen LogP contribution in [-0.4, -0.2) is 47.9 Å². The standard InChI is InChI=1S/C30H31FN4O2/c31-26-4-2-1-3-24(26)28(36)33-27-8-7-21-5-6-22(19-25(21)27)29(37)34-16-11-30(12-17-34)13-18-35(20-30)23-9-14-32-15-10-23/h1-6,9-10,14-15,19,27H,7-8,11-13,16-18,20H2,(H,33,36). The Morgan fingerprint density at radius 1 is 0.973 bits per heavy atom. The van der Waals surface area contributed by atoms with E-state index in [-0.39, 0.29) is 22.9 Å². The summed E-state index contributed by atoms with van der Waals surface area (Å²) in [7, 11) is 0. The van der Waals surface area contributed by atoms with Gasteiger partial charge in [-0.15, -0.1) is 0 Å². The second kappa shape index (κ2) is 9.61. The highest BCUT2D eigenvalue weighted by molar-refractivity contribution is 5.96. The fourth-order valence-corrected chi connectivity index (χ4v) is 6.25. The maximum atomic E-state index is 14.1. The van der Waals surface area contributed by atoms with Crippen LogP contribution < -0.4 is 10.2 Å². The van der Waals surface area contributed by atoms with Crippen molar-refractivity contribution in [3.8, 4) is 0 Å². The monoisotopic (exact) mass is 498 g/mol. The molecule has 1 spiro atoms. The predicted octanol–water partition coefficient (Wildman–Crippen LogP) is 4.77. The summed E-state index contributed by atoms with van der Waals surface area (Å²) in [5.41, 5.74) is 4.29. The molecule has 3 aliphatic rings. The molecule has 0 radical (unpaired) electrons. The first-order valence-corrected chi connectivity index (χ1v) is 13.1. The van der Waals surface area contributed by atoms with E-state index in [0.29, 0.717) is 5.56 Å². The molecule has 1 N–H and O–H groups in total. The van der Waals surface area contributed by atoms with E-state index in [2.05, 4.69) is 27.3 Å². The molecule has 3 aromatic rings. The van der Waals surface area contributed by atoms with Gasteiger partial charge in [0.05, 0.1) is 11.6 Å². The fourth-order valence-electron chi connectivity index (χ4n) is 6.25. The highest BCUT2D eigenvalue weighted by Gasteiger charge is 2.41. The zero-order valence-electron chi connectivity index (χ0n) is 20.8. The Balaban J connectivity index is 1.11. The Labute approximate surface area is 216 Å². The second-order valence-electron chi connectivity index (χ2n) is 10.6. The third-order valence-electron chi connectivity index (χ3n) is 8.47. The van der Waals surface area contributed by atoms with E-state index in [1.54, 1.807) is 12.1 Å². The molecule has 6 nitrogen and oxygen atoms in total. The van der Waals surface area contributed by atoms with E-state index >= 15 is 0 Å². The van der Waals surface area contributed by atoms with Crippen molar-refractivity contribution in [2.45, 2.75) is 38.1 Å². The number of rotatable bonds is 4. The quantitative estimate of drug-likeness (QED) is 0.563. The molecule has 0 saturated carbocycles. The number of amides is 2. The predicted molar refractivity (Wildman–Crippen MR) is 140 cm³/mol. The molecule has 2 fully saturated rings. The Hall–Kier alpha value is -3.74. The lowest BCUT2D eigenvalue weighted by atomic mass is 9.77. The summed E-state index contributed by atoms with van der Waals surface area (Å²) < 4.78 is 14.1. The van der Waals surface area contributed by atoms with Crippen LogP contribution in [0.1, 0.15) is 63.6 Å². The summed E-state index contributed by atoms with van der Waals surface area (Å²) in [5, 5.41) is 2.98. The largest absolute Gasteiger partial charge is 0.371 e. The van der Waals surface area contributed by atoms with Crippen LogP contribution >= 0.6 is 0 Å². The molecule has 1 aromatic heterocycles. The van der Waals surface area contributed by atoms with E-state index in [0.717, 1.165) is 69.4 Å². The summed E-state index contributed by atoms with van der Waals surface area (Å²) >= 11 is 0. The molecule has 1 atom stereocenters. The van der Waals surface area contributed by atoms with Crippen LogP contribution in [0.5, 0.6) is 0 Å². The molecule has 190 valence electrons. The van der Waals surface area contributed by atoms with Gasteiger partial charge in [-0.05, 0) is 85.0 Å². The molecule has 0 bridgehead atoms. The first-order valence-electron chi connectivity index (χ1n) is 13.1. The molecule has 2 aliphatic heterocycles. The van der Waals surface area contributed by atoms with Gasteiger partial charge in [0.25, 0.3) is 11.8 Å². The van der Waals surface area contributed by atoms with Crippen LogP contribution in [0.25, 0.3) is 0 Å². The minimum absolute atomic E-state index is 0.0415. The molecule has 37 heavy (non-hydrogen) atoms. The van der Waals surface area contributed by atoms with E-state index < -0.39 is 11.7 Å². The number of fused-ring (bicyclic) bond motifs is 1. The van der Waals surface area contributed by atoms with Crippen molar-refractivity contribution in [3.63, 3.8) is 0 Å². The van der Waals surface area contributed by atoms with E-state index in [1.165, 1.54) is 17.8 Å². The number of nitrogens with one attached hydrogen (secondary N) is 1. The number of halogens is 1. The van der Waals surface area contributed by atoms with Crippen molar-refractivity contribution in [1.82, 2.24) is 15.2 Å². The van der Waals surface area contributed by atoms with Crippen molar-refractivity contribution in [1.29, 1.82) is 0 Å². The molecule has 7 heteroatoms. The number of aryl methyl sites for hydroxylation is 1. The van der Waals surface area contributed by atoms with Crippen LogP contribution in [0.3, 0.4) is 0 Å². The van der Waals surface area contributed by atoms with Crippen molar-refractivity contribution in [2.75, 3.05) is 31.1 Å². The lowest BCUT2D eigenvalue weighted by molar-refractivity contribution is 0.0610. The average molecular weight is 499 g/mol. The number of benzene rings is 2. The average Bonchev–Trinajstić information content (AvgIpc) is 3.53. The van der Waals surface area contributed by atoms with Crippen molar-refractivity contribution in [3.05, 3.63) is 95.1 Å². The van der Waals surface area contributed by atoms with E-state index in [1.807, 2.05) is 35.5 Å². The summed E-state index contributed by atoms with van der Waals surface area (Å²) in [5.74, 6) is -0.907. The van der Waals surface area contributed by atoms with Gasteiger partial charge in [0.2, 0.25) is 0 Å². The number of likely N-dealkylation sites (tertiary alicyclic amines) is 1. The summed E-state index contributed by atoms with van der Waals surface area (Å²) in [4.78, 5) is 34.7. The van der Waals surface area contributed by atoms with Gasteiger partial charge < -0.3 is 15.1 Å². The highest BCUT2D eigenvalue weighted by Crippen LogP contribution is 2.42. The summed E-state index contributed by atoms with van der Waals surface area (Å²) in [6, 6.07) is 15.8. The SMILES string of the molecule is O=C(NC1CCc2ccc(C(=O)N3CCC4(CC3)CCN(c3ccncc3)C4)cc21)c1ccccc1F. The topological polar surface area (TPSA) is 65.5 Å². The highest BCUT2D eigenvalue weighted by atomic mass is 19.1. The Kier molecular flexibility index (Phi) is 6.14. The smallest absolute Gasteiger partial charge is 0.254 e. The summed E-state index contributed by atoms with van der Waals surface area (Å²) in [6.45, 7) is 3.59. The normalized spacial score (nSPS) is 20.2. The number of pyridine rings is 1. The number of hydrogen-bond donors (Lipinski definition) is 1. The molecular formula is C30H31FN4O2. The molecule has 1 unspecified atom stereocenters. The van der Waals surface area contributed by atoms with Crippen LogP contribution in [0.15, 0.2) is 67.0 Å². The zero-order valence-corrected chi connectivity index (χ0v) is 20.8. The molecule has 2 saturated heterocycles. The molecule has 3 heterocycles. The van der Waals surface area contributed by atoms with Gasteiger partial charge in [-0.2, -0.15) is 0 Å². The number of carbonyl (C=O) groups excluding carboxylic acids is 2. The van der Waals surface area contributed by atoms with Gasteiger partial charge in [0.15, 0.2) is 0 Å². The molecule has 6 rings (SSSR count). The molecular weight excluding hydrogens is 467 g/mol. The van der Waals surface area contributed by atoms with Crippen LogP contribution in [0.2, 0.25) is 0 Å². The number of nitrogens with zero attached hydrogens (tertiary/aromatic N) is 3. The number of carbonyl (C=O) groups is 2. The number of aromatic nitrogens is 1. The molecule has 2 aromatic carbocycles. The van der Waals surface area contributed by atoms with E-state index in [4.69, 9.17) is 0 Å². The van der Waals surface area contributed by atoms with Gasteiger partial charge in [-0.1, -0.05) is 18.2 Å². The van der Waals surface area contributed by atoms with Gasteiger partial charge in [0.1, 0.15) is 5.82 Å². The Morgan fingerprint density at radius 3 is 2.51 bits per heavy atom. The third kappa shape index (κ3) is 4.59. The number of piperidine rings is 1. The van der Waals surface area contributed by atoms with Crippen LogP contribution in [0.4, 0.5) is 10.1 Å². The van der Waals surface area contributed by atoms with Crippen molar-refractivity contribution < 1.29 is 14.0 Å². The molecule has 2 amide bonds. The second-order valence-corrected chi connectivity index (χ2v) is 10.6. The van der Waals surface area contributed by atoms with Gasteiger partial charge >= 0.3 is 0 Å². The Bertz CT molecular complexity index is 1320. The van der Waals surface area contributed by atoms with Gasteiger partial charge in [0, 0.05) is 49.8 Å². The summed E-state index contributed by atoms with van der Waals surface area (Å²) in [6.07, 6.45) is 8.42. The van der Waals surface area contributed by atoms with Crippen LogP contribution in [-0.2, 0) is 6.42 Å². The Morgan fingerprint density at radius 2 is 1.73 bits per heavy atom. The van der Waals surface area contributed by atoms with Gasteiger partial charge in [-0.3, -0.25) is 14.6 Å². The minimum Gasteiger partial charge on any atom is -0.371 e. The first kappa shape index (κ1) is 23.6. The van der Waals surface area contributed by atoms with Crippen LogP contribution in [0, 0.1) is 11.2 Å². The maximum absolute atomic E-state index is 14.1. The lowest BCUT2D eigenvalue weighted by Gasteiger charge is -2.39. The lowest BCUT2D eigenvalue weighted by Crippen LogP contribution is -2.44. The number of hydrogen-bond acceptors (Lipinski definition) is 4. The maximum Gasteiger partial charge on any atom is 0.254 e. The zero-order chi connectivity index (χ0) is 25.4.